The SMILES string of the molecule is COc1ccc2c3c1OC1C[C@@H](OC(=O)c4ccc(Cl)c(Cl)c4)C=C[C@@]31CCN(C)C2. The lowest BCUT2D eigenvalue weighted by molar-refractivity contribution is 0.0218. The number of ether oxygens (including phenoxy) is 3. The first kappa shape index (κ1) is 20.7. The molecule has 0 N–H and O–H groups in total. The minimum absolute atomic E-state index is 0.124. The molecule has 0 radical (unpaired) electrons. The van der Waals surface area contributed by atoms with Crippen molar-refractivity contribution in [2.75, 3.05) is 20.7 Å². The van der Waals surface area contributed by atoms with Crippen LogP contribution in [0.1, 0.15) is 34.3 Å². The van der Waals surface area contributed by atoms with E-state index in [0.717, 1.165) is 31.0 Å². The Morgan fingerprint density at radius 1 is 1.23 bits per heavy atom. The third-order valence-electron chi connectivity index (χ3n) is 6.54. The Balaban J connectivity index is 1.45. The summed E-state index contributed by atoms with van der Waals surface area (Å²) in [5.41, 5.74) is 2.61. The molecule has 5 nitrogen and oxygen atoms in total. The summed E-state index contributed by atoms with van der Waals surface area (Å²) in [4.78, 5) is 15.0. The molecule has 0 saturated heterocycles. The molecule has 1 spiro atoms. The molecule has 0 amide bonds. The molecule has 2 heterocycles. The summed E-state index contributed by atoms with van der Waals surface area (Å²) in [6, 6.07) is 8.85. The number of hydrogen-bond donors (Lipinski definition) is 0. The number of halogens is 2. The lowest BCUT2D eigenvalue weighted by Gasteiger charge is -2.36. The maximum absolute atomic E-state index is 12.7. The Labute approximate surface area is 191 Å². The van der Waals surface area contributed by atoms with Crippen LogP contribution in [0.4, 0.5) is 0 Å². The fraction of sp³-hybridized carbons (Fsp3) is 0.375. The van der Waals surface area contributed by atoms with Crippen molar-refractivity contribution in [2.45, 2.75) is 37.0 Å². The molecule has 2 aromatic rings. The van der Waals surface area contributed by atoms with Crippen molar-refractivity contribution >= 4 is 29.2 Å². The highest BCUT2D eigenvalue weighted by molar-refractivity contribution is 6.42. The van der Waals surface area contributed by atoms with Gasteiger partial charge in [-0.3, -0.25) is 0 Å². The number of methoxy groups -OCH3 is 1. The molecule has 2 aromatic carbocycles. The Hall–Kier alpha value is -2.21. The molecule has 3 atom stereocenters. The van der Waals surface area contributed by atoms with Crippen LogP contribution in [0.15, 0.2) is 42.5 Å². The van der Waals surface area contributed by atoms with Gasteiger partial charge < -0.3 is 19.1 Å². The predicted molar refractivity (Wildman–Crippen MR) is 119 cm³/mol. The van der Waals surface area contributed by atoms with E-state index in [4.69, 9.17) is 37.4 Å². The molecule has 1 unspecified atom stereocenters. The predicted octanol–water partition coefficient (Wildman–Crippen LogP) is 5.02. The van der Waals surface area contributed by atoms with Gasteiger partial charge in [-0.2, -0.15) is 0 Å². The summed E-state index contributed by atoms with van der Waals surface area (Å²) < 4.78 is 17.8. The van der Waals surface area contributed by atoms with Gasteiger partial charge in [0, 0.05) is 18.5 Å². The van der Waals surface area contributed by atoms with Crippen LogP contribution in [0.3, 0.4) is 0 Å². The standard InChI is InChI=1S/C24H23Cl2NO4/c1-27-10-9-24-8-7-16(30-23(28)14-3-5-17(25)18(26)11-14)12-20(24)31-22-19(29-2)6-4-15(13-27)21(22)24/h3-8,11,16,20H,9-10,12-13H2,1-2H3/t16-,20?,24-/m0/s1. The smallest absolute Gasteiger partial charge is 0.338 e. The maximum Gasteiger partial charge on any atom is 0.338 e. The highest BCUT2D eigenvalue weighted by atomic mass is 35.5. The maximum atomic E-state index is 12.7. The highest BCUT2D eigenvalue weighted by Crippen LogP contribution is 2.55. The van der Waals surface area contributed by atoms with E-state index in [1.165, 1.54) is 17.2 Å². The van der Waals surface area contributed by atoms with Gasteiger partial charge in [0.15, 0.2) is 11.5 Å². The van der Waals surface area contributed by atoms with Gasteiger partial charge in [0.2, 0.25) is 0 Å². The summed E-state index contributed by atoms with van der Waals surface area (Å²) in [6.07, 6.45) is 5.18. The van der Waals surface area contributed by atoms with E-state index >= 15 is 0 Å². The second-order valence-electron chi connectivity index (χ2n) is 8.43. The molecular formula is C24H23Cl2NO4. The van der Waals surface area contributed by atoms with Crippen molar-refractivity contribution in [1.29, 1.82) is 0 Å². The molecule has 162 valence electrons. The second-order valence-corrected chi connectivity index (χ2v) is 9.25. The van der Waals surface area contributed by atoms with Crippen LogP contribution in [-0.2, 0) is 16.7 Å². The van der Waals surface area contributed by atoms with E-state index in [9.17, 15) is 4.79 Å². The number of benzene rings is 2. The zero-order valence-corrected chi connectivity index (χ0v) is 18.9. The number of carbonyl (C=O) groups excluding carboxylic acids is 1. The molecule has 1 aliphatic carbocycles. The molecule has 2 aliphatic heterocycles. The number of hydrogen-bond acceptors (Lipinski definition) is 5. The molecule has 0 fully saturated rings. The monoisotopic (exact) mass is 459 g/mol. The van der Waals surface area contributed by atoms with Gasteiger partial charge in [-0.05, 0) is 55.9 Å². The summed E-state index contributed by atoms with van der Waals surface area (Å²) in [5.74, 6) is 1.13. The lowest BCUT2D eigenvalue weighted by atomic mass is 9.69. The minimum atomic E-state index is -0.432. The Morgan fingerprint density at radius 3 is 2.84 bits per heavy atom. The van der Waals surface area contributed by atoms with Gasteiger partial charge in [0.1, 0.15) is 12.2 Å². The number of rotatable bonds is 3. The van der Waals surface area contributed by atoms with Crippen molar-refractivity contribution in [3.05, 3.63) is 69.2 Å². The average Bonchev–Trinajstić information content (AvgIpc) is 3.01. The van der Waals surface area contributed by atoms with Gasteiger partial charge in [-0.1, -0.05) is 35.3 Å². The molecule has 31 heavy (non-hydrogen) atoms. The van der Waals surface area contributed by atoms with E-state index in [-0.39, 0.29) is 17.6 Å². The van der Waals surface area contributed by atoms with E-state index in [2.05, 4.69) is 24.1 Å². The van der Waals surface area contributed by atoms with Crippen molar-refractivity contribution in [3.63, 3.8) is 0 Å². The van der Waals surface area contributed by atoms with Crippen LogP contribution in [0.5, 0.6) is 11.5 Å². The topological polar surface area (TPSA) is 48.0 Å². The van der Waals surface area contributed by atoms with Crippen LogP contribution >= 0.6 is 23.2 Å². The van der Waals surface area contributed by atoms with Crippen LogP contribution in [-0.4, -0.2) is 43.8 Å². The number of esters is 1. The molecule has 0 saturated carbocycles. The molecular weight excluding hydrogens is 437 g/mol. The van der Waals surface area contributed by atoms with Crippen molar-refractivity contribution in [1.82, 2.24) is 4.90 Å². The number of carbonyl (C=O) groups is 1. The first-order valence-electron chi connectivity index (χ1n) is 10.3. The van der Waals surface area contributed by atoms with E-state index in [1.54, 1.807) is 19.2 Å². The van der Waals surface area contributed by atoms with Gasteiger partial charge in [0.25, 0.3) is 0 Å². The minimum Gasteiger partial charge on any atom is -0.493 e. The zero-order valence-electron chi connectivity index (χ0n) is 17.4. The quantitative estimate of drug-likeness (QED) is 0.476. The highest BCUT2D eigenvalue weighted by Gasteiger charge is 2.53. The normalized spacial score (nSPS) is 26.5. The van der Waals surface area contributed by atoms with Crippen LogP contribution in [0.2, 0.25) is 10.0 Å². The average molecular weight is 460 g/mol. The second kappa shape index (κ2) is 7.73. The number of nitrogens with zero attached hydrogens (tertiary/aromatic N) is 1. The van der Waals surface area contributed by atoms with Crippen LogP contribution < -0.4 is 9.47 Å². The van der Waals surface area contributed by atoms with Gasteiger partial charge in [-0.25, -0.2) is 4.79 Å². The largest absolute Gasteiger partial charge is 0.493 e. The summed E-state index contributed by atoms with van der Waals surface area (Å²) >= 11 is 12.0. The Bertz CT molecular complexity index is 1090. The van der Waals surface area contributed by atoms with Gasteiger partial charge >= 0.3 is 5.97 Å². The third kappa shape index (κ3) is 3.39. The zero-order chi connectivity index (χ0) is 21.8. The summed E-state index contributed by atoms with van der Waals surface area (Å²) in [6.45, 7) is 1.82. The third-order valence-corrected chi connectivity index (χ3v) is 7.28. The first-order valence-corrected chi connectivity index (χ1v) is 11.1. The van der Waals surface area contributed by atoms with E-state index in [1.807, 2.05) is 12.1 Å². The fourth-order valence-corrected chi connectivity index (χ4v) is 5.28. The fourth-order valence-electron chi connectivity index (χ4n) is 4.98. The van der Waals surface area contributed by atoms with Gasteiger partial charge in [-0.15, -0.1) is 0 Å². The van der Waals surface area contributed by atoms with Crippen LogP contribution in [0, 0.1) is 0 Å². The molecule has 0 bridgehead atoms. The lowest BCUT2D eigenvalue weighted by Crippen LogP contribution is -2.43. The Morgan fingerprint density at radius 2 is 2.06 bits per heavy atom. The molecule has 3 aliphatic rings. The van der Waals surface area contributed by atoms with Crippen molar-refractivity contribution in [3.8, 4) is 11.5 Å². The molecule has 5 rings (SSSR count). The first-order chi connectivity index (χ1) is 14.9. The molecule has 0 aromatic heterocycles. The molecule has 7 heteroatoms. The van der Waals surface area contributed by atoms with Crippen molar-refractivity contribution < 1.29 is 19.0 Å². The summed E-state index contributed by atoms with van der Waals surface area (Å²) in [5, 5.41) is 0.726. The van der Waals surface area contributed by atoms with E-state index < -0.39 is 5.97 Å². The summed E-state index contributed by atoms with van der Waals surface area (Å²) in [7, 11) is 3.80. The van der Waals surface area contributed by atoms with Crippen molar-refractivity contribution in [2.24, 2.45) is 0 Å². The van der Waals surface area contributed by atoms with Crippen LogP contribution in [0.25, 0.3) is 0 Å². The van der Waals surface area contributed by atoms with E-state index in [0.29, 0.717) is 22.0 Å². The van der Waals surface area contributed by atoms with Gasteiger partial charge in [0.05, 0.1) is 28.1 Å². The Kier molecular flexibility index (Phi) is 5.16.